The van der Waals surface area contributed by atoms with Gasteiger partial charge in [0.25, 0.3) is 0 Å². The molecular weight excluding hydrogens is 358 g/mol. The molecular formula is C25H27N3O. The van der Waals surface area contributed by atoms with Crippen LogP contribution in [0, 0.1) is 0 Å². The van der Waals surface area contributed by atoms with Crippen LogP contribution in [-0.4, -0.2) is 39.6 Å². The molecule has 148 valence electrons. The Kier molecular flexibility index (Phi) is 3.85. The highest BCUT2D eigenvalue weighted by atomic mass is 16.5. The normalized spacial score (nSPS) is 28.8. The van der Waals surface area contributed by atoms with Crippen molar-refractivity contribution in [2.75, 3.05) is 6.54 Å². The van der Waals surface area contributed by atoms with Gasteiger partial charge in [-0.25, -0.2) is 4.99 Å². The highest BCUT2D eigenvalue weighted by Crippen LogP contribution is 2.45. The first-order chi connectivity index (χ1) is 14.2. The van der Waals surface area contributed by atoms with Gasteiger partial charge in [-0.3, -0.25) is 4.90 Å². The summed E-state index contributed by atoms with van der Waals surface area (Å²) in [6, 6.07) is 20.6. The average Bonchev–Trinajstić information content (AvgIpc) is 3.37. The summed E-state index contributed by atoms with van der Waals surface area (Å²) < 4.78 is 8.86. The lowest BCUT2D eigenvalue weighted by Gasteiger charge is -2.43. The molecule has 0 N–H and O–H groups in total. The molecule has 2 aromatic carbocycles. The van der Waals surface area contributed by atoms with Crippen LogP contribution in [0.1, 0.15) is 36.8 Å². The quantitative estimate of drug-likeness (QED) is 0.663. The van der Waals surface area contributed by atoms with E-state index in [1.165, 1.54) is 29.3 Å². The van der Waals surface area contributed by atoms with Crippen molar-refractivity contribution in [2.24, 2.45) is 12.0 Å². The second kappa shape index (κ2) is 6.46. The standard InChI is InChI=1S/C25H27N3O/c1-27-16-22(21-9-5-6-10-23(21)27)24-26-17-25(29-24)13-19-11-12-20(14-25)28(19)15-18-7-3-2-4-8-18/h2-10,16,19-20H,11-15,17H2,1H3. The minimum atomic E-state index is -0.106. The van der Waals surface area contributed by atoms with Crippen LogP contribution in [0.2, 0.25) is 0 Å². The van der Waals surface area contributed by atoms with Gasteiger partial charge in [0.1, 0.15) is 5.60 Å². The topological polar surface area (TPSA) is 29.8 Å². The number of rotatable bonds is 3. The first-order valence-corrected chi connectivity index (χ1v) is 10.8. The van der Waals surface area contributed by atoms with Crippen molar-refractivity contribution >= 4 is 16.8 Å². The third-order valence-corrected chi connectivity index (χ3v) is 7.15. The van der Waals surface area contributed by atoms with Crippen LogP contribution in [0.4, 0.5) is 0 Å². The Balaban J connectivity index is 1.23. The molecule has 0 radical (unpaired) electrons. The van der Waals surface area contributed by atoms with E-state index in [-0.39, 0.29) is 5.60 Å². The molecule has 29 heavy (non-hydrogen) atoms. The average molecular weight is 386 g/mol. The van der Waals surface area contributed by atoms with Crippen LogP contribution in [0.5, 0.6) is 0 Å². The molecule has 3 aliphatic heterocycles. The van der Waals surface area contributed by atoms with Gasteiger partial charge in [0.05, 0.1) is 12.1 Å². The van der Waals surface area contributed by atoms with Gasteiger partial charge in [0.2, 0.25) is 5.90 Å². The highest BCUT2D eigenvalue weighted by molar-refractivity contribution is 6.07. The highest BCUT2D eigenvalue weighted by Gasteiger charge is 2.52. The zero-order valence-corrected chi connectivity index (χ0v) is 16.9. The van der Waals surface area contributed by atoms with Crippen molar-refractivity contribution in [2.45, 2.75) is 49.9 Å². The summed E-state index contributed by atoms with van der Waals surface area (Å²) in [6.45, 7) is 1.86. The zero-order chi connectivity index (χ0) is 19.4. The van der Waals surface area contributed by atoms with E-state index >= 15 is 0 Å². The summed E-state index contributed by atoms with van der Waals surface area (Å²) >= 11 is 0. The molecule has 4 heteroatoms. The third kappa shape index (κ3) is 2.81. The Morgan fingerprint density at radius 1 is 1.00 bits per heavy atom. The van der Waals surface area contributed by atoms with Gasteiger partial charge >= 0.3 is 0 Å². The van der Waals surface area contributed by atoms with Gasteiger partial charge in [-0.2, -0.15) is 0 Å². The van der Waals surface area contributed by atoms with Gasteiger partial charge < -0.3 is 9.30 Å². The molecule has 4 nitrogen and oxygen atoms in total. The fourth-order valence-electron chi connectivity index (χ4n) is 5.80. The number of piperidine rings is 1. The number of ether oxygens (including phenoxy) is 1. The maximum Gasteiger partial charge on any atom is 0.219 e. The molecule has 4 heterocycles. The van der Waals surface area contributed by atoms with E-state index in [4.69, 9.17) is 9.73 Å². The van der Waals surface area contributed by atoms with E-state index in [0.29, 0.717) is 12.1 Å². The summed E-state index contributed by atoms with van der Waals surface area (Å²) in [5.41, 5.74) is 3.68. The lowest BCUT2D eigenvalue weighted by Crippen LogP contribution is -2.52. The Morgan fingerprint density at radius 2 is 1.72 bits per heavy atom. The summed E-state index contributed by atoms with van der Waals surface area (Å²) in [4.78, 5) is 7.64. The lowest BCUT2D eigenvalue weighted by atomic mass is 9.86. The molecule has 0 saturated carbocycles. The Morgan fingerprint density at radius 3 is 2.52 bits per heavy atom. The van der Waals surface area contributed by atoms with Gasteiger partial charge in [-0.15, -0.1) is 0 Å². The van der Waals surface area contributed by atoms with Crippen LogP contribution in [0.25, 0.3) is 10.9 Å². The first-order valence-electron chi connectivity index (χ1n) is 10.8. The fraction of sp³-hybridized carbons (Fsp3) is 0.400. The number of hydrogen-bond donors (Lipinski definition) is 0. The summed E-state index contributed by atoms with van der Waals surface area (Å²) in [7, 11) is 2.10. The number of hydrogen-bond acceptors (Lipinski definition) is 3. The second-order valence-electron chi connectivity index (χ2n) is 9.03. The Hall–Kier alpha value is -2.59. The van der Waals surface area contributed by atoms with E-state index in [9.17, 15) is 0 Å². The molecule has 1 aromatic heterocycles. The smallest absolute Gasteiger partial charge is 0.219 e. The van der Waals surface area contributed by atoms with Crippen molar-refractivity contribution in [1.29, 1.82) is 0 Å². The minimum absolute atomic E-state index is 0.106. The zero-order valence-electron chi connectivity index (χ0n) is 16.9. The molecule has 2 bridgehead atoms. The minimum Gasteiger partial charge on any atom is -0.469 e. The summed E-state index contributed by atoms with van der Waals surface area (Å²) in [6.07, 6.45) is 6.92. The van der Waals surface area contributed by atoms with Crippen LogP contribution in [0.15, 0.2) is 65.8 Å². The number of fused-ring (bicyclic) bond motifs is 3. The van der Waals surface area contributed by atoms with Gasteiger partial charge in [0.15, 0.2) is 0 Å². The number of aryl methyl sites for hydroxylation is 1. The van der Waals surface area contributed by atoms with E-state index in [0.717, 1.165) is 37.4 Å². The predicted molar refractivity (Wildman–Crippen MR) is 116 cm³/mol. The van der Waals surface area contributed by atoms with Crippen molar-refractivity contribution in [3.63, 3.8) is 0 Å². The molecule has 6 rings (SSSR count). The molecule has 0 amide bonds. The summed E-state index contributed by atoms with van der Waals surface area (Å²) in [5.74, 6) is 0.845. The molecule has 3 aliphatic rings. The van der Waals surface area contributed by atoms with Crippen LogP contribution in [-0.2, 0) is 18.3 Å². The molecule has 2 atom stereocenters. The predicted octanol–water partition coefficient (Wildman–Crippen LogP) is 4.52. The molecule has 1 spiro atoms. The summed E-state index contributed by atoms with van der Waals surface area (Å²) in [5, 5.41) is 1.23. The molecule has 2 unspecified atom stereocenters. The van der Waals surface area contributed by atoms with Gasteiger partial charge in [0, 0.05) is 55.6 Å². The first kappa shape index (κ1) is 17.3. The SMILES string of the molecule is Cn1cc(C2=NCC3(CC4CCC(C3)N4Cc3ccccc3)O2)c2ccccc21. The maximum absolute atomic E-state index is 6.69. The molecule has 3 aromatic rings. The number of aliphatic imine (C=N–C) groups is 1. The van der Waals surface area contributed by atoms with Crippen LogP contribution < -0.4 is 0 Å². The van der Waals surface area contributed by atoms with Crippen LogP contribution >= 0.6 is 0 Å². The fourth-order valence-corrected chi connectivity index (χ4v) is 5.80. The second-order valence-corrected chi connectivity index (χ2v) is 9.03. The van der Waals surface area contributed by atoms with E-state index in [1.54, 1.807) is 0 Å². The lowest BCUT2D eigenvalue weighted by molar-refractivity contribution is -0.0245. The number of aromatic nitrogens is 1. The number of benzene rings is 2. The van der Waals surface area contributed by atoms with Crippen LogP contribution in [0.3, 0.4) is 0 Å². The molecule has 2 fully saturated rings. The van der Waals surface area contributed by atoms with Gasteiger partial charge in [-0.05, 0) is 24.5 Å². The van der Waals surface area contributed by atoms with Crippen molar-refractivity contribution in [1.82, 2.24) is 9.47 Å². The van der Waals surface area contributed by atoms with Gasteiger partial charge in [-0.1, -0.05) is 48.5 Å². The molecule has 0 aliphatic carbocycles. The van der Waals surface area contributed by atoms with E-state index < -0.39 is 0 Å². The van der Waals surface area contributed by atoms with Crippen molar-refractivity contribution < 1.29 is 4.74 Å². The Bertz CT molecular complexity index is 1070. The maximum atomic E-state index is 6.69. The number of nitrogens with zero attached hydrogens (tertiary/aromatic N) is 3. The third-order valence-electron chi connectivity index (χ3n) is 7.15. The van der Waals surface area contributed by atoms with Crippen molar-refractivity contribution in [3.8, 4) is 0 Å². The van der Waals surface area contributed by atoms with Crippen molar-refractivity contribution in [3.05, 3.63) is 71.9 Å². The van der Waals surface area contributed by atoms with E-state index in [1.807, 2.05) is 0 Å². The molecule has 2 saturated heterocycles. The van der Waals surface area contributed by atoms with E-state index in [2.05, 4.69) is 77.3 Å². The largest absolute Gasteiger partial charge is 0.469 e. The number of para-hydroxylation sites is 1. The Labute approximate surface area is 171 Å². The monoisotopic (exact) mass is 385 g/mol.